The number of nitrogens with two attached hydrogens (primary N) is 1. The zero-order valence-corrected chi connectivity index (χ0v) is 14.0. The smallest absolute Gasteiger partial charge is 0.161 e. The van der Waals surface area contributed by atoms with Crippen molar-refractivity contribution in [3.63, 3.8) is 0 Å². The molecule has 0 fully saturated rings. The number of rotatable bonds is 9. The number of aromatic nitrogens is 2. The zero-order chi connectivity index (χ0) is 15.8. The first-order valence-electron chi connectivity index (χ1n) is 7.64. The minimum Gasteiger partial charge on any atom is -0.395 e. The molecule has 0 aliphatic rings. The van der Waals surface area contributed by atoms with Crippen LogP contribution >= 0.6 is 12.2 Å². The summed E-state index contributed by atoms with van der Waals surface area (Å²) in [5.41, 5.74) is 8.80. The second-order valence-electron chi connectivity index (χ2n) is 4.96. The van der Waals surface area contributed by atoms with E-state index in [0.29, 0.717) is 17.4 Å². The fraction of sp³-hybridized carbons (Fsp3) is 0.667. The first-order chi connectivity index (χ1) is 10.1. The number of hydrogen-bond donors (Lipinski definition) is 2. The molecule has 0 saturated carbocycles. The van der Waals surface area contributed by atoms with Crippen LogP contribution in [0.4, 0.5) is 5.82 Å². The molecule has 5 nitrogen and oxygen atoms in total. The highest BCUT2D eigenvalue weighted by molar-refractivity contribution is 7.80. The average molecular weight is 310 g/mol. The van der Waals surface area contributed by atoms with Crippen molar-refractivity contribution in [3.05, 3.63) is 16.8 Å². The summed E-state index contributed by atoms with van der Waals surface area (Å²) in [5, 5.41) is 18.0. The van der Waals surface area contributed by atoms with Crippen LogP contribution < -0.4 is 10.6 Å². The molecule has 0 atom stereocenters. The van der Waals surface area contributed by atoms with Crippen LogP contribution in [-0.4, -0.2) is 40.0 Å². The maximum absolute atomic E-state index is 9.30. The van der Waals surface area contributed by atoms with Crippen LogP contribution in [-0.2, 0) is 12.8 Å². The Hall–Kier alpha value is -1.27. The standard InChI is InChI=1S/C15H26N4OS/c1-4-7-8-19(9-10-20)15-13(14(16)21)11(5-2)12(6-3)17-18-15/h20H,4-10H2,1-3H3,(H2,16,21). The van der Waals surface area contributed by atoms with Gasteiger partial charge in [-0.3, -0.25) is 0 Å². The monoisotopic (exact) mass is 310 g/mol. The summed E-state index contributed by atoms with van der Waals surface area (Å²) in [6.45, 7) is 7.65. The van der Waals surface area contributed by atoms with Gasteiger partial charge >= 0.3 is 0 Å². The largest absolute Gasteiger partial charge is 0.395 e. The molecule has 0 aromatic carbocycles. The van der Waals surface area contributed by atoms with Gasteiger partial charge in [-0.2, -0.15) is 5.10 Å². The van der Waals surface area contributed by atoms with Crippen LogP contribution in [0.2, 0.25) is 0 Å². The molecule has 1 aromatic rings. The second-order valence-corrected chi connectivity index (χ2v) is 5.40. The molecule has 0 bridgehead atoms. The van der Waals surface area contributed by atoms with Crippen molar-refractivity contribution < 1.29 is 5.11 Å². The minimum absolute atomic E-state index is 0.0686. The highest BCUT2D eigenvalue weighted by Gasteiger charge is 2.20. The van der Waals surface area contributed by atoms with Crippen molar-refractivity contribution in [1.82, 2.24) is 10.2 Å². The molecule has 0 radical (unpaired) electrons. The van der Waals surface area contributed by atoms with Crippen LogP contribution in [0.5, 0.6) is 0 Å². The molecule has 1 rings (SSSR count). The number of aryl methyl sites for hydroxylation is 1. The topological polar surface area (TPSA) is 75.3 Å². The molecule has 6 heteroatoms. The highest BCUT2D eigenvalue weighted by atomic mass is 32.1. The molecule has 0 saturated heterocycles. The first kappa shape index (κ1) is 17.8. The van der Waals surface area contributed by atoms with E-state index in [4.69, 9.17) is 18.0 Å². The fourth-order valence-electron chi connectivity index (χ4n) is 2.44. The van der Waals surface area contributed by atoms with E-state index in [9.17, 15) is 5.11 Å². The number of hydrogen-bond acceptors (Lipinski definition) is 5. The Labute approximate surface area is 132 Å². The third-order valence-corrected chi connectivity index (χ3v) is 3.73. The summed E-state index contributed by atoms with van der Waals surface area (Å²) >= 11 is 5.25. The maximum Gasteiger partial charge on any atom is 0.161 e. The summed E-state index contributed by atoms with van der Waals surface area (Å²) in [6.07, 6.45) is 3.72. The summed E-state index contributed by atoms with van der Waals surface area (Å²) in [7, 11) is 0. The molecule has 0 unspecified atom stereocenters. The number of thiocarbonyl (C=S) groups is 1. The van der Waals surface area contributed by atoms with Crippen molar-refractivity contribution in [1.29, 1.82) is 0 Å². The molecule has 0 aliphatic heterocycles. The van der Waals surface area contributed by atoms with Gasteiger partial charge in [0, 0.05) is 13.1 Å². The normalized spacial score (nSPS) is 10.7. The zero-order valence-electron chi connectivity index (χ0n) is 13.2. The summed E-state index contributed by atoms with van der Waals surface area (Å²) < 4.78 is 0. The van der Waals surface area contributed by atoms with E-state index in [2.05, 4.69) is 31.0 Å². The summed E-state index contributed by atoms with van der Waals surface area (Å²) in [4.78, 5) is 2.38. The van der Waals surface area contributed by atoms with E-state index in [-0.39, 0.29) is 6.61 Å². The van der Waals surface area contributed by atoms with Gasteiger partial charge in [-0.15, -0.1) is 5.10 Å². The Morgan fingerprint density at radius 3 is 2.38 bits per heavy atom. The van der Waals surface area contributed by atoms with E-state index in [1.165, 1.54) is 0 Å². The van der Waals surface area contributed by atoms with Gasteiger partial charge in [-0.25, -0.2) is 0 Å². The van der Waals surface area contributed by atoms with Gasteiger partial charge in [0.15, 0.2) is 5.82 Å². The van der Waals surface area contributed by atoms with E-state index < -0.39 is 0 Å². The Morgan fingerprint density at radius 2 is 1.90 bits per heavy atom. The van der Waals surface area contributed by atoms with Crippen LogP contribution in [0, 0.1) is 0 Å². The fourth-order valence-corrected chi connectivity index (χ4v) is 2.65. The summed E-state index contributed by atoms with van der Waals surface area (Å²) in [5.74, 6) is 0.707. The molecular weight excluding hydrogens is 284 g/mol. The number of anilines is 1. The Bertz CT molecular complexity index is 479. The summed E-state index contributed by atoms with van der Waals surface area (Å²) in [6, 6.07) is 0. The van der Waals surface area contributed by atoms with Crippen LogP contribution in [0.15, 0.2) is 0 Å². The number of unbranched alkanes of at least 4 members (excludes halogenated alkanes) is 1. The number of aliphatic hydroxyl groups is 1. The quantitative estimate of drug-likeness (QED) is 0.678. The molecule has 3 N–H and O–H groups in total. The van der Waals surface area contributed by atoms with Crippen molar-refractivity contribution >= 4 is 23.0 Å². The Kier molecular flexibility index (Phi) is 7.53. The predicted octanol–water partition coefficient (Wildman–Crippen LogP) is 1.83. The molecule has 1 heterocycles. The predicted molar refractivity (Wildman–Crippen MR) is 90.9 cm³/mol. The molecule has 1 aromatic heterocycles. The average Bonchev–Trinajstić information content (AvgIpc) is 2.49. The lowest BCUT2D eigenvalue weighted by Gasteiger charge is -2.26. The number of nitrogens with zero attached hydrogens (tertiary/aromatic N) is 3. The highest BCUT2D eigenvalue weighted by Crippen LogP contribution is 2.24. The third kappa shape index (κ3) is 4.35. The molecule has 118 valence electrons. The molecular formula is C15H26N4OS. The van der Waals surface area contributed by atoms with Gasteiger partial charge in [0.05, 0.1) is 17.9 Å². The van der Waals surface area contributed by atoms with Gasteiger partial charge in [-0.05, 0) is 24.8 Å². The SMILES string of the molecule is CCCCN(CCO)c1nnc(CC)c(CC)c1C(N)=S. The van der Waals surface area contributed by atoms with Gasteiger partial charge < -0.3 is 15.7 Å². The van der Waals surface area contributed by atoms with E-state index in [1.54, 1.807) is 0 Å². The van der Waals surface area contributed by atoms with Crippen LogP contribution in [0.1, 0.15) is 50.4 Å². The Balaban J connectivity index is 3.34. The van der Waals surface area contributed by atoms with Gasteiger partial charge in [0.25, 0.3) is 0 Å². The minimum atomic E-state index is 0.0686. The third-order valence-electron chi connectivity index (χ3n) is 3.53. The molecule has 0 aliphatic carbocycles. The van der Waals surface area contributed by atoms with E-state index in [0.717, 1.165) is 49.0 Å². The van der Waals surface area contributed by atoms with Crippen molar-refractivity contribution in [3.8, 4) is 0 Å². The van der Waals surface area contributed by atoms with Crippen molar-refractivity contribution in [2.24, 2.45) is 5.73 Å². The van der Waals surface area contributed by atoms with Crippen molar-refractivity contribution in [2.45, 2.75) is 46.5 Å². The van der Waals surface area contributed by atoms with Crippen LogP contribution in [0.3, 0.4) is 0 Å². The van der Waals surface area contributed by atoms with Gasteiger partial charge in [0.1, 0.15) is 4.99 Å². The van der Waals surface area contributed by atoms with E-state index in [1.807, 2.05) is 4.90 Å². The lowest BCUT2D eigenvalue weighted by Crippen LogP contribution is -2.32. The lowest BCUT2D eigenvalue weighted by molar-refractivity contribution is 0.301. The second kappa shape index (κ2) is 8.89. The number of aliphatic hydroxyl groups excluding tert-OH is 1. The van der Waals surface area contributed by atoms with E-state index >= 15 is 0 Å². The molecule has 0 amide bonds. The van der Waals surface area contributed by atoms with Crippen LogP contribution in [0.25, 0.3) is 0 Å². The lowest BCUT2D eigenvalue weighted by atomic mass is 10.0. The Morgan fingerprint density at radius 1 is 1.19 bits per heavy atom. The first-order valence-corrected chi connectivity index (χ1v) is 8.05. The van der Waals surface area contributed by atoms with Gasteiger partial charge in [0.2, 0.25) is 0 Å². The molecule has 0 spiro atoms. The van der Waals surface area contributed by atoms with Crippen molar-refractivity contribution in [2.75, 3.05) is 24.6 Å². The molecule has 21 heavy (non-hydrogen) atoms. The maximum atomic E-state index is 9.30. The van der Waals surface area contributed by atoms with Gasteiger partial charge in [-0.1, -0.05) is 39.4 Å².